The molecule has 0 spiro atoms. The third-order valence-corrected chi connectivity index (χ3v) is 4.75. The van der Waals surface area contributed by atoms with Gasteiger partial charge in [-0.05, 0) is 62.9 Å². The van der Waals surface area contributed by atoms with Crippen LogP contribution in [0.3, 0.4) is 0 Å². The highest BCUT2D eigenvalue weighted by Crippen LogP contribution is 2.22. The smallest absolute Gasteiger partial charge is 0.338 e. The molecule has 3 rings (SSSR count). The molecule has 2 amide bonds. The quantitative estimate of drug-likeness (QED) is 0.607. The van der Waals surface area contributed by atoms with Gasteiger partial charge in [0.2, 0.25) is 0 Å². The maximum absolute atomic E-state index is 12.1. The summed E-state index contributed by atoms with van der Waals surface area (Å²) in [5, 5.41) is 18.6. The Bertz CT molecular complexity index is 605. The first-order valence-electron chi connectivity index (χ1n) is 8.83. The second kappa shape index (κ2) is 7.84. The van der Waals surface area contributed by atoms with Crippen LogP contribution in [0.4, 0.5) is 10.5 Å². The Morgan fingerprint density at radius 1 is 1.24 bits per heavy atom. The number of benzene rings is 1. The molecule has 1 heterocycles. The van der Waals surface area contributed by atoms with Gasteiger partial charge in [-0.15, -0.1) is 0 Å². The minimum Gasteiger partial charge on any atom is -0.459 e. The third kappa shape index (κ3) is 4.93. The predicted octanol–water partition coefficient (Wildman–Crippen LogP) is 1.63. The molecule has 2 aliphatic rings. The average Bonchev–Trinajstić information content (AvgIpc) is 3.26. The summed E-state index contributed by atoms with van der Waals surface area (Å²) >= 11 is 0. The number of β-amino-alcohol motifs (C(OH)–C–C–N with tert-alkyl or cyclic N) is 1. The zero-order chi connectivity index (χ0) is 17.7. The number of amides is 2. The van der Waals surface area contributed by atoms with Crippen LogP contribution in [0.1, 0.15) is 42.5 Å². The first kappa shape index (κ1) is 17.7. The van der Waals surface area contributed by atoms with E-state index in [1.165, 1.54) is 0 Å². The Hall–Kier alpha value is -2.12. The van der Waals surface area contributed by atoms with E-state index in [0.29, 0.717) is 24.2 Å². The van der Waals surface area contributed by atoms with Gasteiger partial charge in [0, 0.05) is 18.8 Å². The van der Waals surface area contributed by atoms with E-state index in [2.05, 4.69) is 16.0 Å². The van der Waals surface area contributed by atoms with Crippen molar-refractivity contribution in [1.82, 2.24) is 10.6 Å². The maximum atomic E-state index is 12.1. The number of aliphatic hydroxyl groups is 1. The molecule has 4 N–H and O–H groups in total. The van der Waals surface area contributed by atoms with Gasteiger partial charge < -0.3 is 25.8 Å². The Balaban J connectivity index is 1.46. The van der Waals surface area contributed by atoms with Crippen LogP contribution < -0.4 is 16.0 Å². The van der Waals surface area contributed by atoms with E-state index in [0.717, 1.165) is 32.2 Å². The molecule has 0 unspecified atom stereocenters. The van der Waals surface area contributed by atoms with Crippen molar-refractivity contribution in [2.45, 2.75) is 43.8 Å². The topological polar surface area (TPSA) is 99.7 Å². The second-order valence-corrected chi connectivity index (χ2v) is 6.85. The molecule has 25 heavy (non-hydrogen) atoms. The lowest BCUT2D eigenvalue weighted by molar-refractivity contribution is 0.0318. The lowest BCUT2D eigenvalue weighted by Crippen LogP contribution is -2.45. The predicted molar refractivity (Wildman–Crippen MR) is 93.6 cm³/mol. The zero-order valence-corrected chi connectivity index (χ0v) is 14.2. The van der Waals surface area contributed by atoms with Gasteiger partial charge in [-0.1, -0.05) is 0 Å². The molecule has 7 heteroatoms. The number of hydrogen-bond acceptors (Lipinski definition) is 5. The number of esters is 1. The van der Waals surface area contributed by atoms with Gasteiger partial charge in [-0.3, -0.25) is 0 Å². The summed E-state index contributed by atoms with van der Waals surface area (Å²) < 4.78 is 5.45. The number of carbonyl (C=O) groups excluding carboxylic acids is 2. The molecule has 1 aromatic carbocycles. The molecule has 1 saturated carbocycles. The zero-order valence-electron chi connectivity index (χ0n) is 14.2. The van der Waals surface area contributed by atoms with Gasteiger partial charge in [-0.25, -0.2) is 9.59 Å². The molecule has 136 valence electrons. The molecule has 1 aromatic rings. The summed E-state index contributed by atoms with van der Waals surface area (Å²) in [6.07, 6.45) is 4.75. The van der Waals surface area contributed by atoms with Crippen molar-refractivity contribution in [3.8, 4) is 0 Å². The van der Waals surface area contributed by atoms with Crippen molar-refractivity contribution in [2.75, 3.05) is 25.0 Å². The normalized spacial score (nSPS) is 23.4. The Labute approximate surface area is 147 Å². The Kier molecular flexibility index (Phi) is 5.55. The van der Waals surface area contributed by atoms with E-state index in [4.69, 9.17) is 4.74 Å². The van der Waals surface area contributed by atoms with Crippen LogP contribution in [0.5, 0.6) is 0 Å². The van der Waals surface area contributed by atoms with Crippen molar-refractivity contribution >= 4 is 17.7 Å². The first-order chi connectivity index (χ1) is 12.0. The lowest BCUT2D eigenvalue weighted by atomic mass is 10.0. The van der Waals surface area contributed by atoms with Crippen molar-refractivity contribution in [3.63, 3.8) is 0 Å². The minimum absolute atomic E-state index is 0.0342. The van der Waals surface area contributed by atoms with E-state index in [1.54, 1.807) is 24.3 Å². The molecule has 1 aliphatic carbocycles. The monoisotopic (exact) mass is 347 g/mol. The molecule has 1 saturated heterocycles. The third-order valence-electron chi connectivity index (χ3n) is 4.75. The highest BCUT2D eigenvalue weighted by molar-refractivity contribution is 5.92. The Morgan fingerprint density at radius 2 is 1.96 bits per heavy atom. The summed E-state index contributed by atoms with van der Waals surface area (Å²) in [5.74, 6) is -0.321. The highest BCUT2D eigenvalue weighted by Gasteiger charge is 2.31. The molecular weight excluding hydrogens is 322 g/mol. The fourth-order valence-corrected chi connectivity index (χ4v) is 3.22. The maximum Gasteiger partial charge on any atom is 0.338 e. The number of ether oxygens (including phenoxy) is 1. The summed E-state index contributed by atoms with van der Waals surface area (Å²) in [4.78, 5) is 24.0. The highest BCUT2D eigenvalue weighted by atomic mass is 16.5. The molecule has 1 atom stereocenters. The van der Waals surface area contributed by atoms with Gasteiger partial charge in [0.05, 0.1) is 11.2 Å². The number of anilines is 1. The van der Waals surface area contributed by atoms with E-state index in [1.807, 2.05) is 0 Å². The Morgan fingerprint density at radius 3 is 2.60 bits per heavy atom. The lowest BCUT2D eigenvalue weighted by Gasteiger charge is -2.21. The summed E-state index contributed by atoms with van der Waals surface area (Å²) in [6, 6.07) is 6.22. The number of carbonyl (C=O) groups is 2. The van der Waals surface area contributed by atoms with Crippen LogP contribution in [-0.4, -0.2) is 48.4 Å². The molecule has 1 aliphatic heterocycles. The summed E-state index contributed by atoms with van der Waals surface area (Å²) in [7, 11) is 0. The van der Waals surface area contributed by atoms with Crippen molar-refractivity contribution in [1.29, 1.82) is 0 Å². The summed E-state index contributed by atoms with van der Waals surface area (Å²) in [6.45, 7) is 1.42. The van der Waals surface area contributed by atoms with Crippen molar-refractivity contribution in [2.24, 2.45) is 0 Å². The summed E-state index contributed by atoms with van der Waals surface area (Å²) in [5.41, 5.74) is 0.168. The molecule has 0 aromatic heterocycles. The number of urea groups is 1. The SMILES string of the molecule is O=C(NC[C@@]1(O)CCNC1)Nc1ccc(C(=O)OC2CCCC2)cc1. The fraction of sp³-hybridized carbons (Fsp3) is 0.556. The van der Waals surface area contributed by atoms with Gasteiger partial charge >= 0.3 is 12.0 Å². The number of hydrogen-bond donors (Lipinski definition) is 4. The fourth-order valence-electron chi connectivity index (χ4n) is 3.22. The van der Waals surface area contributed by atoms with Crippen LogP contribution >= 0.6 is 0 Å². The number of nitrogens with one attached hydrogen (secondary N) is 3. The van der Waals surface area contributed by atoms with Crippen molar-refractivity contribution < 1.29 is 19.4 Å². The van der Waals surface area contributed by atoms with Crippen LogP contribution in [0.25, 0.3) is 0 Å². The van der Waals surface area contributed by atoms with E-state index >= 15 is 0 Å². The van der Waals surface area contributed by atoms with E-state index in [9.17, 15) is 14.7 Å². The van der Waals surface area contributed by atoms with Crippen LogP contribution in [0.2, 0.25) is 0 Å². The largest absolute Gasteiger partial charge is 0.459 e. The van der Waals surface area contributed by atoms with Crippen LogP contribution in [0.15, 0.2) is 24.3 Å². The minimum atomic E-state index is -0.884. The first-order valence-corrected chi connectivity index (χ1v) is 8.83. The van der Waals surface area contributed by atoms with Gasteiger partial charge in [0.25, 0.3) is 0 Å². The van der Waals surface area contributed by atoms with Crippen LogP contribution in [-0.2, 0) is 4.74 Å². The molecule has 0 bridgehead atoms. The van der Waals surface area contributed by atoms with Crippen LogP contribution in [0, 0.1) is 0 Å². The van der Waals surface area contributed by atoms with E-state index in [-0.39, 0.29) is 24.6 Å². The van der Waals surface area contributed by atoms with Gasteiger partial charge in [-0.2, -0.15) is 0 Å². The van der Waals surface area contributed by atoms with Gasteiger partial charge in [0.15, 0.2) is 0 Å². The molecule has 0 radical (unpaired) electrons. The van der Waals surface area contributed by atoms with E-state index < -0.39 is 5.60 Å². The van der Waals surface area contributed by atoms with Crippen molar-refractivity contribution in [3.05, 3.63) is 29.8 Å². The van der Waals surface area contributed by atoms with Gasteiger partial charge in [0.1, 0.15) is 6.10 Å². The average molecular weight is 347 g/mol. The number of rotatable bonds is 5. The molecule has 7 nitrogen and oxygen atoms in total. The second-order valence-electron chi connectivity index (χ2n) is 6.85. The standard InChI is InChI=1S/C18H25N3O4/c22-16(25-15-3-1-2-4-15)13-5-7-14(8-6-13)21-17(23)20-12-18(24)9-10-19-11-18/h5-8,15,19,24H,1-4,9-12H2,(H2,20,21,23)/t18-/m1/s1. The molecule has 2 fully saturated rings. The molecular formula is C18H25N3O4.